The molecule has 0 bridgehead atoms. The zero-order valence-electron chi connectivity index (χ0n) is 10.0. The Morgan fingerprint density at radius 2 is 1.94 bits per heavy atom. The van der Waals surface area contributed by atoms with Gasteiger partial charge in [0.15, 0.2) is 0 Å². The third-order valence-electron chi connectivity index (χ3n) is 2.92. The van der Waals surface area contributed by atoms with Gasteiger partial charge < -0.3 is 4.42 Å². The minimum atomic E-state index is -3.21. The van der Waals surface area contributed by atoms with E-state index >= 15 is 0 Å². The Labute approximate surface area is 101 Å². The van der Waals surface area contributed by atoms with Crippen molar-refractivity contribution in [2.24, 2.45) is 0 Å². The first-order chi connectivity index (χ1) is 7.89. The summed E-state index contributed by atoms with van der Waals surface area (Å²) < 4.78 is 29.8. The van der Waals surface area contributed by atoms with Crippen molar-refractivity contribution >= 4 is 21.0 Å². The second-order valence-electron chi connectivity index (χ2n) is 4.14. The fraction of sp³-hybridized carbons (Fsp3) is 0.333. The molecule has 0 aliphatic rings. The summed E-state index contributed by atoms with van der Waals surface area (Å²) in [5.41, 5.74) is 0.774. The highest BCUT2D eigenvalue weighted by molar-refractivity contribution is 7.88. The molecule has 0 fully saturated rings. The molecule has 17 heavy (non-hydrogen) atoms. The second-order valence-corrected chi connectivity index (χ2v) is 6.18. The van der Waals surface area contributed by atoms with E-state index in [4.69, 9.17) is 4.42 Å². The van der Waals surface area contributed by atoms with Crippen LogP contribution in [0.1, 0.15) is 18.7 Å². The molecule has 1 heterocycles. The quantitative estimate of drug-likeness (QED) is 0.844. The summed E-state index contributed by atoms with van der Waals surface area (Å²) in [7, 11) is -1.67. The van der Waals surface area contributed by atoms with Crippen LogP contribution in [-0.4, -0.2) is 26.0 Å². The Hall–Kier alpha value is -1.33. The number of sulfonamides is 1. The molecule has 2 aromatic rings. The van der Waals surface area contributed by atoms with Crippen LogP contribution in [0.5, 0.6) is 0 Å². The molecule has 5 heteroatoms. The maximum absolute atomic E-state index is 11.4. The average molecular weight is 253 g/mol. The predicted molar refractivity (Wildman–Crippen MR) is 67.2 cm³/mol. The van der Waals surface area contributed by atoms with Crippen LogP contribution in [0.3, 0.4) is 0 Å². The number of hydrogen-bond donors (Lipinski definition) is 0. The van der Waals surface area contributed by atoms with Crippen LogP contribution in [0.2, 0.25) is 0 Å². The van der Waals surface area contributed by atoms with E-state index in [0.717, 1.165) is 11.0 Å². The number of furan rings is 1. The van der Waals surface area contributed by atoms with Crippen LogP contribution < -0.4 is 0 Å². The molecule has 2 rings (SSSR count). The van der Waals surface area contributed by atoms with E-state index in [2.05, 4.69) is 0 Å². The van der Waals surface area contributed by atoms with Crippen LogP contribution in [0, 0.1) is 0 Å². The normalized spacial score (nSPS) is 14.4. The monoisotopic (exact) mass is 253 g/mol. The van der Waals surface area contributed by atoms with Crippen molar-refractivity contribution in [2.45, 2.75) is 13.0 Å². The lowest BCUT2D eigenvalue weighted by Gasteiger charge is -2.20. The van der Waals surface area contributed by atoms with Gasteiger partial charge in [0, 0.05) is 12.4 Å². The smallest absolute Gasteiger partial charge is 0.211 e. The van der Waals surface area contributed by atoms with Gasteiger partial charge in [-0.1, -0.05) is 18.2 Å². The van der Waals surface area contributed by atoms with Crippen molar-refractivity contribution in [2.75, 3.05) is 13.3 Å². The summed E-state index contributed by atoms with van der Waals surface area (Å²) >= 11 is 0. The SMILES string of the molecule is CC(c1cc2ccccc2o1)N(C)S(C)(=O)=O. The highest BCUT2D eigenvalue weighted by Gasteiger charge is 2.22. The van der Waals surface area contributed by atoms with Crippen molar-refractivity contribution in [3.8, 4) is 0 Å². The fourth-order valence-electron chi connectivity index (χ4n) is 1.67. The second kappa shape index (κ2) is 4.16. The molecule has 1 atom stereocenters. The van der Waals surface area contributed by atoms with E-state index in [1.807, 2.05) is 30.3 Å². The van der Waals surface area contributed by atoms with Gasteiger partial charge in [-0.2, -0.15) is 4.31 Å². The topological polar surface area (TPSA) is 50.5 Å². The van der Waals surface area contributed by atoms with Gasteiger partial charge in [0.1, 0.15) is 11.3 Å². The summed E-state index contributed by atoms with van der Waals surface area (Å²) in [6, 6.07) is 9.19. The Bertz CT molecular complexity index is 597. The van der Waals surface area contributed by atoms with Crippen molar-refractivity contribution in [3.05, 3.63) is 36.1 Å². The largest absolute Gasteiger partial charge is 0.459 e. The first-order valence-electron chi connectivity index (χ1n) is 5.31. The van der Waals surface area contributed by atoms with Crippen LogP contribution in [-0.2, 0) is 10.0 Å². The first-order valence-corrected chi connectivity index (χ1v) is 7.16. The van der Waals surface area contributed by atoms with E-state index in [0.29, 0.717) is 5.76 Å². The van der Waals surface area contributed by atoms with Crippen LogP contribution in [0.4, 0.5) is 0 Å². The van der Waals surface area contributed by atoms with Crippen molar-refractivity contribution in [3.63, 3.8) is 0 Å². The van der Waals surface area contributed by atoms with E-state index in [-0.39, 0.29) is 6.04 Å². The third-order valence-corrected chi connectivity index (χ3v) is 4.29. The van der Waals surface area contributed by atoms with Crippen molar-refractivity contribution < 1.29 is 12.8 Å². The molecule has 0 amide bonds. The molecule has 1 unspecified atom stereocenters. The predicted octanol–water partition coefficient (Wildman–Crippen LogP) is 2.39. The Kier molecular flexibility index (Phi) is 2.97. The van der Waals surface area contributed by atoms with Gasteiger partial charge in [-0.15, -0.1) is 0 Å². The third kappa shape index (κ3) is 2.35. The molecule has 0 saturated carbocycles. The molecule has 0 spiro atoms. The molecule has 0 saturated heterocycles. The highest BCUT2D eigenvalue weighted by atomic mass is 32.2. The van der Waals surface area contributed by atoms with E-state index in [9.17, 15) is 8.42 Å². The van der Waals surface area contributed by atoms with Gasteiger partial charge in [0.05, 0.1) is 12.3 Å². The molecular weight excluding hydrogens is 238 g/mol. The molecule has 1 aromatic carbocycles. The molecule has 0 aliphatic carbocycles. The Balaban J connectivity index is 2.40. The number of hydrogen-bond acceptors (Lipinski definition) is 3. The zero-order chi connectivity index (χ0) is 12.6. The lowest BCUT2D eigenvalue weighted by Crippen LogP contribution is -2.28. The van der Waals surface area contributed by atoms with Crippen LogP contribution >= 0.6 is 0 Å². The van der Waals surface area contributed by atoms with Gasteiger partial charge in [0.25, 0.3) is 0 Å². The Morgan fingerprint density at radius 3 is 2.53 bits per heavy atom. The van der Waals surface area contributed by atoms with Crippen molar-refractivity contribution in [1.29, 1.82) is 0 Å². The fourth-order valence-corrected chi connectivity index (χ4v) is 2.35. The summed E-state index contributed by atoms with van der Waals surface area (Å²) in [5, 5.41) is 0.983. The van der Waals surface area contributed by atoms with E-state index in [1.54, 1.807) is 14.0 Å². The summed E-state index contributed by atoms with van der Waals surface area (Å²) in [4.78, 5) is 0. The van der Waals surface area contributed by atoms with Crippen LogP contribution in [0.15, 0.2) is 34.7 Å². The maximum atomic E-state index is 11.4. The van der Waals surface area contributed by atoms with Crippen LogP contribution in [0.25, 0.3) is 11.0 Å². The number of para-hydroxylation sites is 1. The molecule has 92 valence electrons. The number of rotatable bonds is 3. The van der Waals surface area contributed by atoms with Gasteiger partial charge >= 0.3 is 0 Å². The first kappa shape index (κ1) is 12.1. The van der Waals surface area contributed by atoms with E-state index < -0.39 is 10.0 Å². The zero-order valence-corrected chi connectivity index (χ0v) is 10.9. The minimum absolute atomic E-state index is 0.308. The molecule has 0 N–H and O–H groups in total. The number of benzene rings is 1. The Morgan fingerprint density at radius 1 is 1.29 bits per heavy atom. The summed E-state index contributed by atoms with van der Waals surface area (Å²) in [6.45, 7) is 1.80. The lowest BCUT2D eigenvalue weighted by molar-refractivity contribution is 0.350. The molecular formula is C12H15NO3S. The number of nitrogens with zero attached hydrogens (tertiary/aromatic N) is 1. The average Bonchev–Trinajstić information content (AvgIpc) is 2.69. The maximum Gasteiger partial charge on any atom is 0.211 e. The summed E-state index contributed by atoms with van der Waals surface area (Å²) in [5.74, 6) is 0.652. The molecule has 0 radical (unpaired) electrons. The van der Waals surface area contributed by atoms with Gasteiger partial charge in [-0.25, -0.2) is 8.42 Å². The van der Waals surface area contributed by atoms with E-state index in [1.165, 1.54) is 10.6 Å². The minimum Gasteiger partial charge on any atom is -0.459 e. The highest BCUT2D eigenvalue weighted by Crippen LogP contribution is 2.27. The summed E-state index contributed by atoms with van der Waals surface area (Å²) in [6.07, 6.45) is 1.19. The van der Waals surface area contributed by atoms with Crippen molar-refractivity contribution in [1.82, 2.24) is 4.31 Å². The lowest BCUT2D eigenvalue weighted by atomic mass is 10.2. The molecule has 4 nitrogen and oxygen atoms in total. The standard InChI is InChI=1S/C12H15NO3S/c1-9(13(2)17(3,14)15)12-8-10-6-4-5-7-11(10)16-12/h4-9H,1-3H3. The van der Waals surface area contributed by atoms with Gasteiger partial charge in [-0.3, -0.25) is 0 Å². The van der Waals surface area contributed by atoms with Gasteiger partial charge in [-0.05, 0) is 19.1 Å². The van der Waals surface area contributed by atoms with Gasteiger partial charge in [0.2, 0.25) is 10.0 Å². The number of fused-ring (bicyclic) bond motifs is 1. The molecule has 1 aromatic heterocycles. The molecule has 0 aliphatic heterocycles.